The number of carbonyl (C=O) groups excluding carboxylic acids is 2. The summed E-state index contributed by atoms with van der Waals surface area (Å²) in [4.78, 5) is 22.6. The molecule has 6 nitrogen and oxygen atoms in total. The molecule has 0 aliphatic rings. The zero-order chi connectivity index (χ0) is 21.3. The Morgan fingerprint density at radius 2 is 1.55 bits per heavy atom. The van der Waals surface area contributed by atoms with Gasteiger partial charge < -0.3 is 20.5 Å². The van der Waals surface area contributed by atoms with Crippen molar-refractivity contribution in [3.63, 3.8) is 0 Å². The standard InChI is InChI=1S/C23H28N2O4/c1-23(2,3)18-7-11-19(12-8-18)28-15-14-25-22(27)13-6-17-4-9-20(10-5-17)29-16-21(24)26/h4-13H,14-16H2,1-3H3,(H2,24,26)(H,25,27). The van der Waals surface area contributed by atoms with Crippen molar-refractivity contribution < 1.29 is 19.1 Å². The van der Waals surface area contributed by atoms with Crippen LogP contribution in [0.2, 0.25) is 0 Å². The number of ether oxygens (including phenoxy) is 2. The maximum Gasteiger partial charge on any atom is 0.255 e. The molecule has 0 radical (unpaired) electrons. The second-order valence-electron chi connectivity index (χ2n) is 7.57. The molecule has 6 heteroatoms. The summed E-state index contributed by atoms with van der Waals surface area (Å²) in [6.07, 6.45) is 3.15. The highest BCUT2D eigenvalue weighted by atomic mass is 16.5. The predicted octanol–water partition coefficient (Wildman–Crippen LogP) is 3.06. The summed E-state index contributed by atoms with van der Waals surface area (Å²) < 4.78 is 10.8. The maximum absolute atomic E-state index is 11.9. The molecule has 2 amide bonds. The summed E-state index contributed by atoms with van der Waals surface area (Å²) in [5, 5.41) is 2.78. The monoisotopic (exact) mass is 396 g/mol. The molecule has 0 heterocycles. The SMILES string of the molecule is CC(C)(C)c1ccc(OCCNC(=O)C=Cc2ccc(OCC(N)=O)cc2)cc1. The van der Waals surface area contributed by atoms with E-state index in [0.717, 1.165) is 11.3 Å². The Hall–Kier alpha value is -3.28. The van der Waals surface area contributed by atoms with Crippen LogP contribution in [0.5, 0.6) is 11.5 Å². The molecule has 0 fully saturated rings. The van der Waals surface area contributed by atoms with Crippen molar-refractivity contribution in [1.29, 1.82) is 0 Å². The number of carbonyl (C=O) groups is 2. The molecule has 0 bridgehead atoms. The third kappa shape index (κ3) is 8.09. The molecule has 3 N–H and O–H groups in total. The highest BCUT2D eigenvalue weighted by Gasteiger charge is 2.12. The molecule has 0 aliphatic heterocycles. The Morgan fingerprint density at radius 1 is 0.966 bits per heavy atom. The van der Waals surface area contributed by atoms with Crippen molar-refractivity contribution in [3.05, 3.63) is 65.7 Å². The van der Waals surface area contributed by atoms with Gasteiger partial charge in [-0.25, -0.2) is 0 Å². The lowest BCUT2D eigenvalue weighted by atomic mass is 9.87. The lowest BCUT2D eigenvalue weighted by Gasteiger charge is -2.19. The van der Waals surface area contributed by atoms with Gasteiger partial charge in [0.05, 0.1) is 6.54 Å². The van der Waals surface area contributed by atoms with Crippen LogP contribution in [0.3, 0.4) is 0 Å². The van der Waals surface area contributed by atoms with E-state index in [1.165, 1.54) is 11.6 Å². The molecule has 0 spiro atoms. The molecule has 0 saturated carbocycles. The second kappa shape index (κ2) is 10.3. The van der Waals surface area contributed by atoms with Gasteiger partial charge in [0, 0.05) is 6.08 Å². The van der Waals surface area contributed by atoms with Gasteiger partial charge in [-0.05, 0) is 46.9 Å². The zero-order valence-corrected chi connectivity index (χ0v) is 17.1. The van der Waals surface area contributed by atoms with Gasteiger partial charge in [-0.1, -0.05) is 45.0 Å². The van der Waals surface area contributed by atoms with Gasteiger partial charge in [-0.3, -0.25) is 9.59 Å². The molecule has 29 heavy (non-hydrogen) atoms. The minimum Gasteiger partial charge on any atom is -0.492 e. The average molecular weight is 396 g/mol. The Balaban J connectivity index is 1.70. The van der Waals surface area contributed by atoms with Crippen LogP contribution in [0.4, 0.5) is 0 Å². The third-order valence-electron chi connectivity index (χ3n) is 4.08. The molecule has 0 saturated heterocycles. The largest absolute Gasteiger partial charge is 0.492 e. The molecule has 154 valence electrons. The molecule has 0 atom stereocenters. The number of hydrogen-bond donors (Lipinski definition) is 2. The maximum atomic E-state index is 11.9. The van der Waals surface area contributed by atoms with Crippen LogP contribution >= 0.6 is 0 Å². The number of primary amides is 1. The van der Waals surface area contributed by atoms with Gasteiger partial charge in [0.25, 0.3) is 5.91 Å². The highest BCUT2D eigenvalue weighted by Crippen LogP contribution is 2.24. The molecule has 0 aromatic heterocycles. The average Bonchev–Trinajstić information content (AvgIpc) is 2.68. The lowest BCUT2D eigenvalue weighted by molar-refractivity contribution is -0.120. The van der Waals surface area contributed by atoms with Gasteiger partial charge in [0.15, 0.2) is 6.61 Å². The van der Waals surface area contributed by atoms with E-state index in [1.807, 2.05) is 12.1 Å². The summed E-state index contributed by atoms with van der Waals surface area (Å²) in [6.45, 7) is 7.12. The first-order valence-corrected chi connectivity index (χ1v) is 9.44. The number of nitrogens with two attached hydrogens (primary N) is 1. The minimum atomic E-state index is -0.531. The Bertz CT molecular complexity index is 835. The van der Waals surface area contributed by atoms with Crippen molar-refractivity contribution in [2.24, 2.45) is 5.73 Å². The van der Waals surface area contributed by atoms with Gasteiger partial charge in [-0.2, -0.15) is 0 Å². The summed E-state index contributed by atoms with van der Waals surface area (Å²) in [5.41, 5.74) is 7.22. The van der Waals surface area contributed by atoms with Gasteiger partial charge in [0.2, 0.25) is 5.91 Å². The molecule has 2 rings (SSSR count). The van der Waals surface area contributed by atoms with Crippen molar-refractivity contribution in [2.75, 3.05) is 19.8 Å². The van der Waals surface area contributed by atoms with E-state index in [1.54, 1.807) is 30.3 Å². The summed E-state index contributed by atoms with van der Waals surface area (Å²) in [6, 6.07) is 15.0. The van der Waals surface area contributed by atoms with Crippen LogP contribution in [-0.4, -0.2) is 31.6 Å². The van der Waals surface area contributed by atoms with Crippen LogP contribution in [0.25, 0.3) is 6.08 Å². The molecule has 2 aromatic rings. The van der Waals surface area contributed by atoms with E-state index >= 15 is 0 Å². The highest BCUT2D eigenvalue weighted by molar-refractivity contribution is 5.91. The molecular weight excluding hydrogens is 368 g/mol. The van der Waals surface area contributed by atoms with Crippen LogP contribution in [0.1, 0.15) is 31.9 Å². The minimum absolute atomic E-state index is 0.107. The number of nitrogens with one attached hydrogen (secondary N) is 1. The van der Waals surface area contributed by atoms with Crippen molar-refractivity contribution in [2.45, 2.75) is 26.2 Å². The van der Waals surface area contributed by atoms with Crippen LogP contribution in [0, 0.1) is 0 Å². The van der Waals surface area contributed by atoms with Crippen LogP contribution in [0.15, 0.2) is 54.6 Å². The lowest BCUT2D eigenvalue weighted by Crippen LogP contribution is -2.26. The molecular formula is C23H28N2O4. The van der Waals surface area contributed by atoms with E-state index in [9.17, 15) is 9.59 Å². The van der Waals surface area contributed by atoms with Crippen LogP contribution < -0.4 is 20.5 Å². The van der Waals surface area contributed by atoms with Crippen LogP contribution in [-0.2, 0) is 15.0 Å². The molecule has 2 aromatic carbocycles. The molecule has 0 unspecified atom stereocenters. The first kappa shape index (κ1) is 22.0. The van der Waals surface area contributed by atoms with E-state index in [-0.39, 0.29) is 17.9 Å². The molecule has 0 aliphatic carbocycles. The second-order valence-corrected chi connectivity index (χ2v) is 7.57. The summed E-state index contributed by atoms with van der Waals surface area (Å²) in [7, 11) is 0. The van der Waals surface area contributed by atoms with Crippen molar-refractivity contribution in [3.8, 4) is 11.5 Å². The fourth-order valence-electron chi connectivity index (χ4n) is 2.45. The topological polar surface area (TPSA) is 90.7 Å². The third-order valence-corrected chi connectivity index (χ3v) is 4.08. The van der Waals surface area contributed by atoms with E-state index in [0.29, 0.717) is 18.9 Å². The van der Waals surface area contributed by atoms with E-state index < -0.39 is 5.91 Å². The number of benzene rings is 2. The zero-order valence-electron chi connectivity index (χ0n) is 17.1. The first-order chi connectivity index (χ1) is 13.7. The number of amides is 2. The quantitative estimate of drug-likeness (QED) is 0.503. The first-order valence-electron chi connectivity index (χ1n) is 9.44. The predicted molar refractivity (Wildman–Crippen MR) is 114 cm³/mol. The fraction of sp³-hybridized carbons (Fsp3) is 0.304. The summed E-state index contributed by atoms with van der Waals surface area (Å²) >= 11 is 0. The van der Waals surface area contributed by atoms with E-state index in [2.05, 4.69) is 38.2 Å². The Labute approximate surface area is 171 Å². The van der Waals surface area contributed by atoms with Crippen molar-refractivity contribution in [1.82, 2.24) is 5.32 Å². The smallest absolute Gasteiger partial charge is 0.255 e. The Kier molecular flexibility index (Phi) is 7.83. The van der Waals surface area contributed by atoms with Gasteiger partial charge in [0.1, 0.15) is 18.1 Å². The Morgan fingerprint density at radius 3 is 2.14 bits per heavy atom. The number of hydrogen-bond acceptors (Lipinski definition) is 4. The van der Waals surface area contributed by atoms with E-state index in [4.69, 9.17) is 15.2 Å². The normalized spacial score (nSPS) is 11.3. The van der Waals surface area contributed by atoms with Crippen molar-refractivity contribution >= 4 is 17.9 Å². The fourth-order valence-corrected chi connectivity index (χ4v) is 2.45. The number of rotatable bonds is 9. The van der Waals surface area contributed by atoms with Gasteiger partial charge >= 0.3 is 0 Å². The summed E-state index contributed by atoms with van der Waals surface area (Å²) in [5.74, 6) is 0.585. The van der Waals surface area contributed by atoms with Gasteiger partial charge in [-0.15, -0.1) is 0 Å².